The molecular weight excluding hydrogens is 130 g/mol. The molecule has 0 amide bonds. The Labute approximate surface area is 47.2 Å². The van der Waals surface area contributed by atoms with Gasteiger partial charge in [-0.1, -0.05) is 8.27 Å². The zero-order valence-corrected chi connectivity index (χ0v) is 6.12. The molecule has 44 valence electrons. The van der Waals surface area contributed by atoms with Crippen LogP contribution in [-0.2, 0) is 0 Å². The first kappa shape index (κ1) is 7.78. The Bertz CT molecular complexity index is 41.9. The van der Waals surface area contributed by atoms with Crippen LogP contribution in [0.3, 0.4) is 0 Å². The van der Waals surface area contributed by atoms with Crippen molar-refractivity contribution in [2.75, 3.05) is 12.8 Å². The van der Waals surface area contributed by atoms with Crippen molar-refractivity contribution in [3.05, 3.63) is 0 Å². The van der Waals surface area contributed by atoms with E-state index in [-0.39, 0.29) is 6.61 Å². The van der Waals surface area contributed by atoms with Crippen LogP contribution in [0.25, 0.3) is 0 Å². The van der Waals surface area contributed by atoms with E-state index in [0.717, 1.165) is 0 Å². The zero-order chi connectivity index (χ0) is 5.70. The monoisotopic (exact) mass is 140 g/mol. The summed E-state index contributed by atoms with van der Waals surface area (Å²) in [5, 5.41) is 16.8. The van der Waals surface area contributed by atoms with Gasteiger partial charge in [-0.15, -0.1) is 8.93 Å². The molecule has 3 atom stereocenters. The number of aliphatic hydroxyl groups is 2. The molecule has 2 N–H and O–H groups in total. The Kier molecular flexibility index (Phi) is 5.48. The minimum absolute atomic E-state index is 0.110. The van der Waals surface area contributed by atoms with Gasteiger partial charge in [-0.2, -0.15) is 0 Å². The largest absolute Gasteiger partial charge is 0.394 e. The van der Waals surface area contributed by atoms with E-state index >= 15 is 0 Å². The maximum absolute atomic E-state index is 8.60. The van der Waals surface area contributed by atoms with Crippen LogP contribution in [-0.4, -0.2) is 29.1 Å². The summed E-state index contributed by atoms with van der Waals surface area (Å²) in [7, 11) is 3.16. The summed E-state index contributed by atoms with van der Waals surface area (Å²) in [6, 6.07) is 0. The van der Waals surface area contributed by atoms with Gasteiger partial charge in [-0.05, 0) is 6.16 Å². The Morgan fingerprint density at radius 3 is 2.43 bits per heavy atom. The lowest BCUT2D eigenvalue weighted by Crippen LogP contribution is -2.12. The fraction of sp³-hybridized carbons (Fsp3) is 1.00. The van der Waals surface area contributed by atoms with E-state index in [2.05, 4.69) is 8.93 Å². The fourth-order valence-electron chi connectivity index (χ4n) is 0.201. The van der Waals surface area contributed by atoms with Crippen molar-refractivity contribution in [3.8, 4) is 0 Å². The second kappa shape index (κ2) is 4.93. The third-order valence-electron chi connectivity index (χ3n) is 0.564. The maximum atomic E-state index is 8.60. The molecule has 4 heteroatoms. The molecule has 0 saturated carbocycles. The SMILES string of the molecule is OCC(O)CPP. The molecule has 3 unspecified atom stereocenters. The first-order valence-corrected chi connectivity index (χ1v) is 5.05. The van der Waals surface area contributed by atoms with Crippen molar-refractivity contribution in [2.45, 2.75) is 6.10 Å². The molecule has 0 heterocycles. The Morgan fingerprint density at radius 1 is 1.71 bits per heavy atom. The minimum atomic E-state index is -0.504. The van der Waals surface area contributed by atoms with Crippen LogP contribution in [0.15, 0.2) is 0 Å². The van der Waals surface area contributed by atoms with Crippen molar-refractivity contribution < 1.29 is 10.2 Å². The van der Waals surface area contributed by atoms with E-state index < -0.39 is 6.10 Å². The summed E-state index contributed by atoms with van der Waals surface area (Å²) in [5.41, 5.74) is 0. The number of hydrogen-bond acceptors (Lipinski definition) is 2. The Morgan fingerprint density at radius 2 is 2.29 bits per heavy atom. The van der Waals surface area contributed by atoms with Gasteiger partial charge in [0.25, 0.3) is 0 Å². The molecule has 7 heavy (non-hydrogen) atoms. The lowest BCUT2D eigenvalue weighted by molar-refractivity contribution is 0.113. The molecule has 0 aromatic rings. The summed E-state index contributed by atoms with van der Waals surface area (Å²) in [6.45, 7) is -0.110. The van der Waals surface area contributed by atoms with Crippen molar-refractivity contribution in [1.82, 2.24) is 0 Å². The molecule has 0 bridgehead atoms. The van der Waals surface area contributed by atoms with Crippen LogP contribution < -0.4 is 0 Å². The van der Waals surface area contributed by atoms with Crippen LogP contribution in [0, 0.1) is 0 Å². The van der Waals surface area contributed by atoms with Crippen molar-refractivity contribution >= 4 is 17.2 Å². The van der Waals surface area contributed by atoms with E-state index in [1.54, 1.807) is 0 Å². The number of aliphatic hydroxyl groups excluding tert-OH is 2. The molecule has 0 aliphatic rings. The molecule has 0 aliphatic carbocycles. The molecule has 0 radical (unpaired) electrons. The maximum Gasteiger partial charge on any atom is 0.0810 e. The molecular formula is C3H10O2P2. The average molecular weight is 140 g/mol. The summed E-state index contributed by atoms with van der Waals surface area (Å²) >= 11 is 0. The summed E-state index contributed by atoms with van der Waals surface area (Å²) in [4.78, 5) is 0. The fourth-order valence-corrected chi connectivity index (χ4v) is 1.42. The normalized spacial score (nSPS) is 15.9. The van der Waals surface area contributed by atoms with Crippen LogP contribution >= 0.6 is 17.2 Å². The Balaban J connectivity index is 2.83. The van der Waals surface area contributed by atoms with E-state index in [0.29, 0.717) is 14.4 Å². The van der Waals surface area contributed by atoms with Gasteiger partial charge in [-0.25, -0.2) is 0 Å². The highest BCUT2D eigenvalue weighted by molar-refractivity contribution is 8.02. The van der Waals surface area contributed by atoms with Gasteiger partial charge in [0.05, 0.1) is 12.7 Å². The quantitative estimate of drug-likeness (QED) is 0.533. The molecule has 2 nitrogen and oxygen atoms in total. The van der Waals surface area contributed by atoms with Crippen LogP contribution in [0.2, 0.25) is 0 Å². The summed E-state index contributed by atoms with van der Waals surface area (Å²) in [5.74, 6) is 0. The molecule has 0 saturated heterocycles. The van der Waals surface area contributed by atoms with Gasteiger partial charge >= 0.3 is 0 Å². The van der Waals surface area contributed by atoms with Crippen molar-refractivity contribution in [2.24, 2.45) is 0 Å². The minimum Gasteiger partial charge on any atom is -0.394 e. The average Bonchev–Trinajstić information content (AvgIpc) is 1.68. The predicted octanol–water partition coefficient (Wildman–Crippen LogP) is -0.192. The van der Waals surface area contributed by atoms with E-state index in [4.69, 9.17) is 10.2 Å². The highest BCUT2D eigenvalue weighted by Crippen LogP contribution is 2.19. The second-order valence-electron chi connectivity index (χ2n) is 1.24. The van der Waals surface area contributed by atoms with Gasteiger partial charge < -0.3 is 10.2 Å². The van der Waals surface area contributed by atoms with Crippen LogP contribution in [0.1, 0.15) is 0 Å². The summed E-state index contributed by atoms with van der Waals surface area (Å²) < 4.78 is 0. The smallest absolute Gasteiger partial charge is 0.0810 e. The van der Waals surface area contributed by atoms with Crippen molar-refractivity contribution in [1.29, 1.82) is 0 Å². The number of hydrogen-bond donors (Lipinski definition) is 2. The first-order valence-electron chi connectivity index (χ1n) is 2.03. The van der Waals surface area contributed by atoms with Gasteiger partial charge in [0.1, 0.15) is 0 Å². The van der Waals surface area contributed by atoms with E-state index in [1.807, 2.05) is 0 Å². The first-order chi connectivity index (χ1) is 3.31. The highest BCUT2D eigenvalue weighted by atomic mass is 32.0. The summed E-state index contributed by atoms with van der Waals surface area (Å²) in [6.07, 6.45) is 0.192. The third-order valence-corrected chi connectivity index (χ3v) is 1.98. The van der Waals surface area contributed by atoms with E-state index in [9.17, 15) is 0 Å². The molecule has 0 aliphatic heterocycles. The van der Waals surface area contributed by atoms with Gasteiger partial charge in [0, 0.05) is 0 Å². The molecule has 0 spiro atoms. The van der Waals surface area contributed by atoms with Crippen LogP contribution in [0.5, 0.6) is 0 Å². The topological polar surface area (TPSA) is 40.5 Å². The third kappa shape index (κ3) is 4.64. The van der Waals surface area contributed by atoms with Gasteiger partial charge in [0.15, 0.2) is 0 Å². The predicted molar refractivity (Wildman–Crippen MR) is 36.0 cm³/mol. The molecule has 0 aromatic heterocycles. The highest BCUT2D eigenvalue weighted by Gasteiger charge is 1.96. The lowest BCUT2D eigenvalue weighted by atomic mass is 10.4. The molecule has 0 fully saturated rings. The standard InChI is InChI=1S/C3H10O2P2/c4-1-3(5)2-7-6/h3-5,7H,1-2,6H2. The zero-order valence-electron chi connectivity index (χ0n) is 3.96. The number of rotatable bonds is 3. The molecule has 0 rings (SSSR count). The van der Waals surface area contributed by atoms with Gasteiger partial charge in [-0.3, -0.25) is 0 Å². The van der Waals surface area contributed by atoms with E-state index in [1.165, 1.54) is 0 Å². The molecule has 0 aromatic carbocycles. The van der Waals surface area contributed by atoms with Crippen molar-refractivity contribution in [3.63, 3.8) is 0 Å². The second-order valence-corrected chi connectivity index (χ2v) is 3.29. The van der Waals surface area contributed by atoms with Crippen LogP contribution in [0.4, 0.5) is 0 Å². The Hall–Kier alpha value is 0.780. The lowest BCUT2D eigenvalue weighted by Gasteiger charge is -2.01. The van der Waals surface area contributed by atoms with Gasteiger partial charge in [0.2, 0.25) is 0 Å².